The number of aliphatic hydroxyl groups is 1. The van der Waals surface area contributed by atoms with Gasteiger partial charge in [-0.15, -0.1) is 5.10 Å². The van der Waals surface area contributed by atoms with E-state index in [1.54, 1.807) is 42.5 Å². The average Bonchev–Trinajstić information content (AvgIpc) is 3.41. The van der Waals surface area contributed by atoms with E-state index in [1.807, 2.05) is 6.07 Å². The molecule has 0 saturated carbocycles. The molecule has 5 heterocycles. The molecule has 2 unspecified atom stereocenters. The minimum atomic E-state index is -2.01. The first-order valence-corrected chi connectivity index (χ1v) is 11.0. The molecular formula is C24H25N4O5+. The second-order valence-electron chi connectivity index (χ2n) is 8.68. The molecule has 3 aliphatic heterocycles. The van der Waals surface area contributed by atoms with Gasteiger partial charge in [0.15, 0.2) is 11.9 Å². The maximum absolute atomic E-state index is 13.4. The number of urea groups is 1. The molecule has 2 atom stereocenters. The van der Waals surface area contributed by atoms with Crippen molar-refractivity contribution in [3.05, 3.63) is 78.4 Å². The minimum Gasteiger partial charge on any atom is -0.472 e. The Morgan fingerprint density at radius 1 is 1.09 bits per heavy atom. The van der Waals surface area contributed by atoms with Crippen LogP contribution < -0.4 is 5.32 Å². The predicted octanol–water partition coefficient (Wildman–Crippen LogP) is 2.69. The molecular weight excluding hydrogens is 424 g/mol. The van der Waals surface area contributed by atoms with Gasteiger partial charge in [0.1, 0.15) is 6.54 Å². The molecule has 3 fully saturated rings. The van der Waals surface area contributed by atoms with Crippen molar-refractivity contribution in [2.75, 3.05) is 25.0 Å². The van der Waals surface area contributed by atoms with Crippen molar-refractivity contribution in [2.45, 2.75) is 24.5 Å². The monoisotopic (exact) mass is 449 g/mol. The number of carbonyl (C=O) groups is 2. The van der Waals surface area contributed by atoms with Gasteiger partial charge >= 0.3 is 12.0 Å². The maximum atomic E-state index is 13.4. The Morgan fingerprint density at radius 3 is 2.55 bits per heavy atom. The summed E-state index contributed by atoms with van der Waals surface area (Å²) < 4.78 is 11.2. The Hall–Kier alpha value is -3.56. The number of anilines is 1. The van der Waals surface area contributed by atoms with Crippen molar-refractivity contribution in [1.82, 2.24) is 10.2 Å². The molecule has 6 rings (SSSR count). The predicted molar refractivity (Wildman–Crippen MR) is 117 cm³/mol. The lowest BCUT2D eigenvalue weighted by Crippen LogP contribution is -2.68. The smallest absolute Gasteiger partial charge is 0.422 e. The lowest BCUT2D eigenvalue weighted by molar-refractivity contribution is -0.869. The highest BCUT2D eigenvalue weighted by atomic mass is 16.6. The van der Waals surface area contributed by atoms with Gasteiger partial charge in [-0.25, -0.2) is 14.1 Å². The van der Waals surface area contributed by atoms with Crippen molar-refractivity contribution in [1.29, 1.82) is 0 Å². The molecule has 0 radical (unpaired) electrons. The number of fused-ring (bicyclic) bond motifs is 3. The zero-order valence-electron chi connectivity index (χ0n) is 18.0. The van der Waals surface area contributed by atoms with Gasteiger partial charge in [0.2, 0.25) is 5.60 Å². The van der Waals surface area contributed by atoms with Crippen LogP contribution in [0.15, 0.2) is 71.7 Å². The second-order valence-corrected chi connectivity index (χ2v) is 8.68. The lowest BCUT2D eigenvalue weighted by atomic mass is 9.83. The van der Waals surface area contributed by atoms with E-state index in [0.717, 1.165) is 12.8 Å². The Kier molecular flexibility index (Phi) is 5.43. The number of nitrogens with one attached hydrogen (secondary N) is 1. The largest absolute Gasteiger partial charge is 0.472 e. The van der Waals surface area contributed by atoms with Gasteiger partial charge in [-0.3, -0.25) is 5.32 Å². The normalized spacial score (nSPS) is 25.7. The first-order chi connectivity index (χ1) is 16.0. The molecule has 0 aliphatic carbocycles. The molecule has 3 aromatic rings. The van der Waals surface area contributed by atoms with Crippen LogP contribution in [-0.4, -0.2) is 57.5 Å². The summed E-state index contributed by atoms with van der Waals surface area (Å²) in [6.07, 6.45) is 5.30. The molecule has 9 heteroatoms. The molecule has 0 spiro atoms. The van der Waals surface area contributed by atoms with Gasteiger partial charge in [-0.05, 0) is 23.8 Å². The Morgan fingerprint density at radius 2 is 1.88 bits per heavy atom. The fourth-order valence-corrected chi connectivity index (χ4v) is 4.92. The summed E-state index contributed by atoms with van der Waals surface area (Å²) in [5, 5.41) is 22.1. The van der Waals surface area contributed by atoms with Crippen LogP contribution in [-0.2, 0) is 15.1 Å². The van der Waals surface area contributed by atoms with Crippen molar-refractivity contribution in [2.24, 2.45) is 5.92 Å². The molecule has 2 amide bonds. The number of aromatic nitrogens is 2. The van der Waals surface area contributed by atoms with E-state index in [-0.39, 0.29) is 16.4 Å². The number of furan rings is 1. The molecule has 170 valence electrons. The van der Waals surface area contributed by atoms with E-state index < -0.39 is 17.7 Å². The van der Waals surface area contributed by atoms with E-state index in [9.17, 15) is 14.7 Å². The Bertz CT molecular complexity index is 1110. The van der Waals surface area contributed by atoms with Gasteiger partial charge in [0.05, 0.1) is 25.6 Å². The standard InChI is InChI=1S/C24H24N4O5/c29-22(24(31,19-10-14-32-16-19)18-5-2-1-3-6-18)33-20-15-28(12-8-17(20)9-13-28)23(30)26-21-7-4-11-25-27-21/h1-7,10-11,14,16-17,20,31H,8-9,12-13,15H2/p+1. The quantitative estimate of drug-likeness (QED) is 0.455. The van der Waals surface area contributed by atoms with E-state index >= 15 is 0 Å². The topological polar surface area (TPSA) is 115 Å². The SMILES string of the molecule is O=C(OC1C[N+]2(C(=O)Nc3cccnn3)CCC1CC2)C(O)(c1ccccc1)c1ccoc1. The first-order valence-electron chi connectivity index (χ1n) is 11.0. The van der Waals surface area contributed by atoms with Crippen molar-refractivity contribution >= 4 is 17.8 Å². The molecule has 2 N–H and O–H groups in total. The van der Waals surface area contributed by atoms with Crippen LogP contribution in [0.1, 0.15) is 24.0 Å². The van der Waals surface area contributed by atoms with Gasteiger partial charge in [-0.2, -0.15) is 5.10 Å². The fraction of sp³-hybridized carbons (Fsp3) is 0.333. The lowest BCUT2D eigenvalue weighted by Gasteiger charge is -2.49. The molecule has 33 heavy (non-hydrogen) atoms. The van der Waals surface area contributed by atoms with Crippen LogP contribution in [0.5, 0.6) is 0 Å². The highest BCUT2D eigenvalue weighted by Crippen LogP contribution is 2.38. The van der Waals surface area contributed by atoms with Crippen molar-refractivity contribution < 1.29 is 28.3 Å². The van der Waals surface area contributed by atoms with E-state index in [4.69, 9.17) is 9.15 Å². The van der Waals surface area contributed by atoms with Gasteiger partial charge < -0.3 is 14.3 Å². The number of carbonyl (C=O) groups excluding carboxylic acids is 2. The highest BCUT2D eigenvalue weighted by molar-refractivity contribution is 5.85. The number of benzene rings is 1. The summed E-state index contributed by atoms with van der Waals surface area (Å²) in [4.78, 5) is 26.6. The number of quaternary nitrogens is 1. The molecule has 1 aromatic carbocycles. The van der Waals surface area contributed by atoms with Gasteiger partial charge in [0.25, 0.3) is 0 Å². The first kappa shape index (κ1) is 21.3. The molecule has 2 bridgehead atoms. The highest BCUT2D eigenvalue weighted by Gasteiger charge is 2.54. The third-order valence-corrected chi connectivity index (χ3v) is 6.83. The van der Waals surface area contributed by atoms with Gasteiger partial charge in [-0.1, -0.05) is 30.3 Å². The number of amides is 2. The molecule has 2 aromatic heterocycles. The third-order valence-electron chi connectivity index (χ3n) is 6.83. The molecule has 9 nitrogen and oxygen atoms in total. The zero-order chi connectivity index (χ0) is 22.9. The summed E-state index contributed by atoms with van der Waals surface area (Å²) in [6, 6.07) is 13.4. The average molecular weight is 449 g/mol. The summed E-state index contributed by atoms with van der Waals surface area (Å²) in [5.74, 6) is -0.251. The van der Waals surface area contributed by atoms with Crippen LogP contribution >= 0.6 is 0 Å². The Labute approximate surface area is 190 Å². The number of hydrogen-bond donors (Lipinski definition) is 2. The van der Waals surface area contributed by atoms with Crippen molar-refractivity contribution in [3.63, 3.8) is 0 Å². The summed E-state index contributed by atoms with van der Waals surface area (Å²) in [7, 11) is 0. The van der Waals surface area contributed by atoms with Gasteiger partial charge in [0, 0.05) is 30.5 Å². The number of ether oxygens (including phenoxy) is 1. The minimum absolute atomic E-state index is 0.141. The fourth-order valence-electron chi connectivity index (χ4n) is 4.92. The van der Waals surface area contributed by atoms with E-state index in [0.29, 0.717) is 36.6 Å². The Balaban J connectivity index is 1.37. The molecule has 3 aliphatic rings. The number of nitrogens with zero attached hydrogens (tertiary/aromatic N) is 3. The van der Waals surface area contributed by atoms with Crippen LogP contribution in [0.3, 0.4) is 0 Å². The van der Waals surface area contributed by atoms with E-state index in [1.165, 1.54) is 18.7 Å². The summed E-state index contributed by atoms with van der Waals surface area (Å²) in [5.41, 5.74) is -1.32. The second kappa shape index (κ2) is 8.42. The van der Waals surface area contributed by atoms with Crippen molar-refractivity contribution in [3.8, 4) is 0 Å². The number of esters is 1. The molecule has 3 saturated heterocycles. The number of hydrogen-bond acceptors (Lipinski definition) is 7. The van der Waals surface area contributed by atoms with Crippen LogP contribution in [0.2, 0.25) is 0 Å². The summed E-state index contributed by atoms with van der Waals surface area (Å²) >= 11 is 0. The van der Waals surface area contributed by atoms with Crippen LogP contribution in [0.25, 0.3) is 0 Å². The van der Waals surface area contributed by atoms with E-state index in [2.05, 4.69) is 15.5 Å². The third kappa shape index (κ3) is 3.79. The maximum Gasteiger partial charge on any atom is 0.422 e. The number of rotatable bonds is 5. The number of piperidine rings is 3. The summed E-state index contributed by atoms with van der Waals surface area (Å²) in [6.45, 7) is 1.67. The van der Waals surface area contributed by atoms with Crippen LogP contribution in [0, 0.1) is 5.92 Å². The zero-order valence-corrected chi connectivity index (χ0v) is 18.0. The van der Waals surface area contributed by atoms with Crippen LogP contribution in [0.4, 0.5) is 10.6 Å².